The molecule has 0 saturated carbocycles. The van der Waals surface area contributed by atoms with Crippen molar-refractivity contribution in [3.8, 4) is 0 Å². The van der Waals surface area contributed by atoms with Crippen LogP contribution in [0.3, 0.4) is 0 Å². The molecule has 108 valence electrons. The number of hydrogen-bond acceptors (Lipinski definition) is 4. The van der Waals surface area contributed by atoms with Crippen LogP contribution in [-0.2, 0) is 10.5 Å². The summed E-state index contributed by atoms with van der Waals surface area (Å²) in [6.07, 6.45) is 4.00. The lowest BCUT2D eigenvalue weighted by molar-refractivity contribution is -0.131. The van der Waals surface area contributed by atoms with Crippen LogP contribution in [-0.4, -0.2) is 21.0 Å². The van der Waals surface area contributed by atoms with E-state index in [0.29, 0.717) is 22.0 Å². The van der Waals surface area contributed by atoms with Crippen molar-refractivity contribution in [1.29, 1.82) is 0 Å². The van der Waals surface area contributed by atoms with Gasteiger partial charge < -0.3 is 5.11 Å². The molecule has 1 aromatic carbocycles. The Morgan fingerprint density at radius 1 is 1.43 bits per heavy atom. The molecule has 0 aliphatic rings. The molecular weight excluding hydrogens is 291 g/mol. The number of carbonyl (C=O) groups is 1. The van der Waals surface area contributed by atoms with Crippen molar-refractivity contribution >= 4 is 23.8 Å². The summed E-state index contributed by atoms with van der Waals surface area (Å²) in [7, 11) is 0. The third-order valence-corrected chi connectivity index (χ3v) is 3.54. The van der Waals surface area contributed by atoms with Crippen LogP contribution in [0.1, 0.15) is 16.8 Å². The van der Waals surface area contributed by atoms with E-state index >= 15 is 0 Å². The summed E-state index contributed by atoms with van der Waals surface area (Å²) in [6.45, 7) is 1.87. The highest BCUT2D eigenvalue weighted by Gasteiger charge is 2.05. The first-order valence-corrected chi connectivity index (χ1v) is 7.15. The Balaban J connectivity index is 2.06. The van der Waals surface area contributed by atoms with Gasteiger partial charge in [0.1, 0.15) is 5.82 Å². The van der Waals surface area contributed by atoms with Gasteiger partial charge in [0.05, 0.1) is 0 Å². The molecule has 2 rings (SSSR count). The fourth-order valence-electron chi connectivity index (χ4n) is 1.59. The smallest absolute Gasteiger partial charge is 0.328 e. The fraction of sp³-hybridized carbons (Fsp3) is 0.133. The molecular formula is C15H13FN2O2S. The molecule has 1 heterocycles. The minimum absolute atomic E-state index is 0.373. The Labute approximate surface area is 125 Å². The van der Waals surface area contributed by atoms with E-state index < -0.39 is 5.97 Å². The topological polar surface area (TPSA) is 63.1 Å². The Kier molecular flexibility index (Phi) is 5.05. The maximum Gasteiger partial charge on any atom is 0.328 e. The van der Waals surface area contributed by atoms with Gasteiger partial charge in [-0.1, -0.05) is 23.9 Å². The van der Waals surface area contributed by atoms with Crippen molar-refractivity contribution in [2.75, 3.05) is 0 Å². The zero-order valence-electron chi connectivity index (χ0n) is 11.3. The number of rotatable bonds is 5. The second kappa shape index (κ2) is 6.99. The van der Waals surface area contributed by atoms with E-state index in [1.165, 1.54) is 23.9 Å². The molecule has 1 N–H and O–H groups in total. The third-order valence-electron chi connectivity index (χ3n) is 2.62. The van der Waals surface area contributed by atoms with Crippen molar-refractivity contribution in [3.05, 3.63) is 59.2 Å². The van der Waals surface area contributed by atoms with Crippen molar-refractivity contribution in [2.24, 2.45) is 0 Å². The van der Waals surface area contributed by atoms with Crippen LogP contribution in [0, 0.1) is 12.7 Å². The Morgan fingerprint density at radius 2 is 2.24 bits per heavy atom. The standard InChI is InChI=1S/C15H13FN2O2S/c1-10-6-7-17-15(18-10)21-9-12-4-2-11(8-13(12)16)3-5-14(19)20/h2-8H,9H2,1H3,(H,19,20). The summed E-state index contributed by atoms with van der Waals surface area (Å²) in [5.41, 5.74) is 1.90. The molecule has 4 nitrogen and oxygen atoms in total. The molecule has 0 amide bonds. The average Bonchev–Trinajstić information content (AvgIpc) is 2.44. The number of benzene rings is 1. The predicted octanol–water partition coefficient (Wildman–Crippen LogP) is 3.31. The second-order valence-corrected chi connectivity index (χ2v) is 5.23. The number of aliphatic carboxylic acids is 1. The van der Waals surface area contributed by atoms with Gasteiger partial charge in [0.25, 0.3) is 0 Å². The monoisotopic (exact) mass is 304 g/mol. The van der Waals surface area contributed by atoms with Crippen LogP contribution in [0.5, 0.6) is 0 Å². The number of carboxylic acid groups (broad SMARTS) is 1. The molecule has 0 atom stereocenters. The highest BCUT2D eigenvalue weighted by Crippen LogP contribution is 2.22. The van der Waals surface area contributed by atoms with E-state index in [2.05, 4.69) is 9.97 Å². The number of aryl methyl sites for hydroxylation is 1. The van der Waals surface area contributed by atoms with Crippen LogP contribution in [0.4, 0.5) is 4.39 Å². The summed E-state index contributed by atoms with van der Waals surface area (Å²) in [4.78, 5) is 18.8. The normalized spacial score (nSPS) is 11.0. The predicted molar refractivity (Wildman–Crippen MR) is 79.4 cm³/mol. The SMILES string of the molecule is Cc1ccnc(SCc2ccc(C=CC(=O)O)cc2F)n1. The van der Waals surface area contributed by atoms with Crippen LogP contribution < -0.4 is 0 Å². The molecule has 0 aliphatic carbocycles. The van der Waals surface area contributed by atoms with Crippen molar-refractivity contribution < 1.29 is 14.3 Å². The Bertz CT molecular complexity index is 689. The maximum absolute atomic E-state index is 13.9. The highest BCUT2D eigenvalue weighted by molar-refractivity contribution is 7.98. The van der Waals surface area contributed by atoms with Gasteiger partial charge >= 0.3 is 5.97 Å². The first-order valence-electron chi connectivity index (χ1n) is 6.16. The molecule has 0 fully saturated rings. The van der Waals surface area contributed by atoms with Crippen molar-refractivity contribution in [2.45, 2.75) is 17.8 Å². The first-order chi connectivity index (χ1) is 10.0. The van der Waals surface area contributed by atoms with Gasteiger partial charge in [-0.15, -0.1) is 0 Å². The number of halogens is 1. The van der Waals surface area contributed by atoms with Gasteiger partial charge in [-0.05, 0) is 36.3 Å². The summed E-state index contributed by atoms with van der Waals surface area (Å²) >= 11 is 1.35. The van der Waals surface area contributed by atoms with Crippen molar-refractivity contribution in [1.82, 2.24) is 9.97 Å². The van der Waals surface area contributed by atoms with E-state index in [1.807, 2.05) is 6.92 Å². The van der Waals surface area contributed by atoms with Gasteiger partial charge in [-0.2, -0.15) is 0 Å². The lowest BCUT2D eigenvalue weighted by Gasteiger charge is -2.04. The van der Waals surface area contributed by atoms with Gasteiger partial charge in [0.15, 0.2) is 5.16 Å². The van der Waals surface area contributed by atoms with Gasteiger partial charge in [0.2, 0.25) is 0 Å². The maximum atomic E-state index is 13.9. The van der Waals surface area contributed by atoms with Crippen LogP contribution in [0.2, 0.25) is 0 Å². The Hall–Kier alpha value is -2.21. The summed E-state index contributed by atoms with van der Waals surface area (Å²) in [6, 6.07) is 6.43. The van der Waals surface area contributed by atoms with Crippen LogP contribution >= 0.6 is 11.8 Å². The summed E-state index contributed by atoms with van der Waals surface area (Å²) in [5.74, 6) is -1.02. The van der Waals surface area contributed by atoms with Crippen LogP contribution in [0.15, 0.2) is 41.7 Å². The van der Waals surface area contributed by atoms with E-state index in [9.17, 15) is 9.18 Å². The molecule has 0 bridgehead atoms. The highest BCUT2D eigenvalue weighted by atomic mass is 32.2. The fourth-order valence-corrected chi connectivity index (χ4v) is 2.45. The van der Waals surface area contributed by atoms with Gasteiger partial charge in [-0.3, -0.25) is 0 Å². The molecule has 0 saturated heterocycles. The molecule has 0 aliphatic heterocycles. The minimum Gasteiger partial charge on any atom is -0.478 e. The van der Waals surface area contributed by atoms with E-state index in [-0.39, 0.29) is 5.82 Å². The van der Waals surface area contributed by atoms with E-state index in [4.69, 9.17) is 5.11 Å². The molecule has 2 aromatic rings. The first kappa shape index (κ1) is 15.2. The van der Waals surface area contributed by atoms with E-state index in [0.717, 1.165) is 11.8 Å². The molecule has 0 unspecified atom stereocenters. The summed E-state index contributed by atoms with van der Waals surface area (Å²) < 4.78 is 13.9. The summed E-state index contributed by atoms with van der Waals surface area (Å²) in [5, 5.41) is 9.13. The zero-order valence-corrected chi connectivity index (χ0v) is 12.1. The van der Waals surface area contributed by atoms with Crippen molar-refractivity contribution in [3.63, 3.8) is 0 Å². The molecule has 0 radical (unpaired) electrons. The average molecular weight is 304 g/mol. The molecule has 6 heteroatoms. The van der Waals surface area contributed by atoms with Crippen LogP contribution in [0.25, 0.3) is 6.08 Å². The largest absolute Gasteiger partial charge is 0.478 e. The number of aromatic nitrogens is 2. The lowest BCUT2D eigenvalue weighted by atomic mass is 10.1. The number of nitrogens with zero attached hydrogens (tertiary/aromatic N) is 2. The van der Waals surface area contributed by atoms with Gasteiger partial charge in [-0.25, -0.2) is 19.2 Å². The van der Waals surface area contributed by atoms with E-state index in [1.54, 1.807) is 24.4 Å². The third kappa shape index (κ3) is 4.68. The number of carboxylic acids is 1. The second-order valence-electron chi connectivity index (χ2n) is 4.29. The molecule has 0 spiro atoms. The lowest BCUT2D eigenvalue weighted by Crippen LogP contribution is -1.92. The van der Waals surface area contributed by atoms with Gasteiger partial charge in [0, 0.05) is 23.7 Å². The number of thioether (sulfide) groups is 1. The quantitative estimate of drug-likeness (QED) is 0.521. The Morgan fingerprint density at radius 3 is 2.90 bits per heavy atom. The molecule has 1 aromatic heterocycles. The number of hydrogen-bond donors (Lipinski definition) is 1. The molecule has 21 heavy (non-hydrogen) atoms. The zero-order chi connectivity index (χ0) is 15.2. The minimum atomic E-state index is -1.06.